The first-order chi connectivity index (χ1) is 13.0. The van der Waals surface area contributed by atoms with Crippen molar-refractivity contribution in [2.24, 2.45) is 7.05 Å². The van der Waals surface area contributed by atoms with E-state index in [0.29, 0.717) is 17.0 Å². The molecule has 27 heavy (non-hydrogen) atoms. The van der Waals surface area contributed by atoms with Crippen molar-refractivity contribution in [3.63, 3.8) is 0 Å². The molecule has 0 spiro atoms. The normalized spacial score (nSPS) is 11.4. The van der Waals surface area contributed by atoms with E-state index in [0.717, 1.165) is 40.8 Å². The predicted molar refractivity (Wildman–Crippen MR) is 110 cm³/mol. The summed E-state index contributed by atoms with van der Waals surface area (Å²) in [6, 6.07) is 14.0. The quantitative estimate of drug-likeness (QED) is 0.502. The van der Waals surface area contributed by atoms with Crippen LogP contribution in [0.5, 0.6) is 0 Å². The van der Waals surface area contributed by atoms with E-state index in [1.807, 2.05) is 48.9 Å². The van der Waals surface area contributed by atoms with Crippen LogP contribution in [0.15, 0.2) is 51.7 Å². The topological polar surface area (TPSA) is 51.3 Å². The summed E-state index contributed by atoms with van der Waals surface area (Å²) in [7, 11) is 1.93. The van der Waals surface area contributed by atoms with E-state index in [1.165, 1.54) is 0 Å². The standard InChI is InChI=1S/C22H23N3O2/c1-5-25(6-2)16-9-8-15-12-17(22(26)27-20(15)13-16)21-23-18-10-7-14(3)11-19(18)24(21)4/h7-13H,5-6H2,1-4H3. The van der Waals surface area contributed by atoms with E-state index < -0.39 is 0 Å². The van der Waals surface area contributed by atoms with Crippen molar-refractivity contribution in [2.45, 2.75) is 20.8 Å². The fraction of sp³-hybridized carbons (Fsp3) is 0.273. The van der Waals surface area contributed by atoms with Crippen molar-refractivity contribution < 1.29 is 4.42 Å². The van der Waals surface area contributed by atoms with Crippen molar-refractivity contribution in [1.82, 2.24) is 9.55 Å². The highest BCUT2D eigenvalue weighted by Crippen LogP contribution is 2.27. The van der Waals surface area contributed by atoms with Crippen molar-refractivity contribution in [3.05, 3.63) is 58.4 Å². The Morgan fingerprint density at radius 2 is 1.85 bits per heavy atom. The van der Waals surface area contributed by atoms with Crippen LogP contribution in [-0.2, 0) is 7.05 Å². The third-order valence-corrected chi connectivity index (χ3v) is 5.13. The SMILES string of the molecule is CCN(CC)c1ccc2cc(-c3nc4ccc(C)cc4n3C)c(=O)oc2c1. The average Bonchev–Trinajstić information content (AvgIpc) is 2.98. The highest BCUT2D eigenvalue weighted by molar-refractivity contribution is 5.86. The number of hydrogen-bond acceptors (Lipinski definition) is 4. The summed E-state index contributed by atoms with van der Waals surface area (Å²) in [4.78, 5) is 19.6. The number of aromatic nitrogens is 2. The van der Waals surface area contributed by atoms with Gasteiger partial charge < -0.3 is 13.9 Å². The molecule has 5 heteroatoms. The van der Waals surface area contributed by atoms with Crippen LogP contribution in [0.4, 0.5) is 5.69 Å². The van der Waals surface area contributed by atoms with E-state index in [2.05, 4.69) is 35.9 Å². The molecular weight excluding hydrogens is 338 g/mol. The second-order valence-corrected chi connectivity index (χ2v) is 6.83. The molecule has 2 heterocycles. The first-order valence-corrected chi connectivity index (χ1v) is 9.28. The van der Waals surface area contributed by atoms with E-state index in [-0.39, 0.29) is 5.63 Å². The minimum atomic E-state index is -0.366. The lowest BCUT2D eigenvalue weighted by Crippen LogP contribution is -2.21. The van der Waals surface area contributed by atoms with Gasteiger partial charge in [-0.25, -0.2) is 9.78 Å². The summed E-state index contributed by atoms with van der Waals surface area (Å²) in [5, 5.41) is 0.892. The molecule has 4 rings (SSSR count). The number of fused-ring (bicyclic) bond motifs is 2. The first kappa shape index (κ1) is 17.3. The Labute approximate surface area is 157 Å². The first-order valence-electron chi connectivity index (χ1n) is 9.28. The number of benzene rings is 2. The van der Waals surface area contributed by atoms with E-state index >= 15 is 0 Å². The maximum absolute atomic E-state index is 12.7. The van der Waals surface area contributed by atoms with Gasteiger partial charge in [0.05, 0.1) is 11.0 Å². The number of anilines is 1. The molecule has 0 bridgehead atoms. The number of nitrogens with zero attached hydrogens (tertiary/aromatic N) is 3. The molecule has 0 aliphatic heterocycles. The van der Waals surface area contributed by atoms with Crippen LogP contribution in [0.25, 0.3) is 33.4 Å². The molecule has 0 saturated carbocycles. The highest BCUT2D eigenvalue weighted by atomic mass is 16.4. The van der Waals surface area contributed by atoms with Gasteiger partial charge in [-0.2, -0.15) is 0 Å². The van der Waals surface area contributed by atoms with Gasteiger partial charge in [-0.1, -0.05) is 6.07 Å². The Morgan fingerprint density at radius 1 is 1.07 bits per heavy atom. The zero-order valence-electron chi connectivity index (χ0n) is 16.1. The monoisotopic (exact) mass is 361 g/mol. The molecule has 2 aromatic carbocycles. The Hall–Kier alpha value is -3.08. The van der Waals surface area contributed by atoms with Crippen LogP contribution in [0.2, 0.25) is 0 Å². The van der Waals surface area contributed by atoms with Crippen LogP contribution in [0, 0.1) is 6.92 Å². The number of aryl methyl sites for hydroxylation is 2. The molecule has 2 aromatic heterocycles. The zero-order chi connectivity index (χ0) is 19.1. The maximum Gasteiger partial charge on any atom is 0.347 e. The molecule has 0 atom stereocenters. The van der Waals surface area contributed by atoms with Gasteiger partial charge in [0.2, 0.25) is 0 Å². The highest BCUT2D eigenvalue weighted by Gasteiger charge is 2.16. The van der Waals surface area contributed by atoms with Crippen LogP contribution in [-0.4, -0.2) is 22.6 Å². The van der Waals surface area contributed by atoms with Crippen molar-refractivity contribution in [3.8, 4) is 11.4 Å². The summed E-state index contributed by atoms with van der Waals surface area (Å²) in [5.74, 6) is 0.624. The number of imidazole rings is 1. The summed E-state index contributed by atoms with van der Waals surface area (Å²) in [6.45, 7) is 8.08. The Morgan fingerprint density at radius 3 is 2.59 bits per heavy atom. The predicted octanol–water partition coefficient (Wildman–Crippen LogP) is 4.50. The van der Waals surface area contributed by atoms with Crippen LogP contribution < -0.4 is 10.5 Å². The average molecular weight is 361 g/mol. The molecule has 138 valence electrons. The van der Waals surface area contributed by atoms with Gasteiger partial charge >= 0.3 is 5.63 Å². The van der Waals surface area contributed by atoms with Gasteiger partial charge in [0.15, 0.2) is 0 Å². The molecule has 5 nitrogen and oxygen atoms in total. The fourth-order valence-corrected chi connectivity index (χ4v) is 3.58. The molecule has 0 radical (unpaired) electrons. The minimum absolute atomic E-state index is 0.366. The van der Waals surface area contributed by atoms with Crippen LogP contribution in [0.3, 0.4) is 0 Å². The Bertz CT molecular complexity index is 1200. The molecule has 0 unspecified atom stereocenters. The minimum Gasteiger partial charge on any atom is -0.422 e. The second kappa shape index (κ2) is 6.58. The Kier molecular flexibility index (Phi) is 4.22. The van der Waals surface area contributed by atoms with Gasteiger partial charge in [0, 0.05) is 37.3 Å². The smallest absolute Gasteiger partial charge is 0.347 e. The molecule has 0 amide bonds. The van der Waals surface area contributed by atoms with Crippen molar-refractivity contribution in [2.75, 3.05) is 18.0 Å². The van der Waals surface area contributed by atoms with Gasteiger partial charge in [-0.15, -0.1) is 0 Å². The van der Waals surface area contributed by atoms with E-state index in [9.17, 15) is 4.79 Å². The lowest BCUT2D eigenvalue weighted by atomic mass is 10.1. The number of hydrogen-bond donors (Lipinski definition) is 0. The Balaban J connectivity index is 1.88. The molecule has 0 N–H and O–H groups in total. The van der Waals surface area contributed by atoms with E-state index in [1.54, 1.807) is 0 Å². The third-order valence-electron chi connectivity index (χ3n) is 5.13. The van der Waals surface area contributed by atoms with Crippen molar-refractivity contribution >= 4 is 27.7 Å². The summed E-state index contributed by atoms with van der Waals surface area (Å²) >= 11 is 0. The van der Waals surface area contributed by atoms with Crippen LogP contribution >= 0.6 is 0 Å². The summed E-state index contributed by atoms with van der Waals surface area (Å²) in [5.41, 5.74) is 4.80. The van der Waals surface area contributed by atoms with Crippen LogP contribution in [0.1, 0.15) is 19.4 Å². The summed E-state index contributed by atoms with van der Waals surface area (Å²) in [6.07, 6.45) is 0. The third kappa shape index (κ3) is 2.89. The van der Waals surface area contributed by atoms with Gasteiger partial charge in [-0.3, -0.25) is 0 Å². The number of rotatable bonds is 4. The zero-order valence-corrected chi connectivity index (χ0v) is 16.1. The molecule has 0 fully saturated rings. The summed E-state index contributed by atoms with van der Waals surface area (Å²) < 4.78 is 7.62. The molecule has 4 aromatic rings. The van der Waals surface area contributed by atoms with Gasteiger partial charge in [0.25, 0.3) is 0 Å². The molecule has 0 saturated heterocycles. The molecular formula is C22H23N3O2. The second-order valence-electron chi connectivity index (χ2n) is 6.83. The van der Waals surface area contributed by atoms with Gasteiger partial charge in [0.1, 0.15) is 17.0 Å². The fourth-order valence-electron chi connectivity index (χ4n) is 3.58. The molecule has 0 aliphatic carbocycles. The largest absolute Gasteiger partial charge is 0.422 e. The molecule has 0 aliphatic rings. The van der Waals surface area contributed by atoms with Gasteiger partial charge in [-0.05, 0) is 56.7 Å². The lowest BCUT2D eigenvalue weighted by molar-refractivity contribution is 0.562. The van der Waals surface area contributed by atoms with Crippen molar-refractivity contribution in [1.29, 1.82) is 0 Å². The maximum atomic E-state index is 12.7. The lowest BCUT2D eigenvalue weighted by Gasteiger charge is -2.21. The van der Waals surface area contributed by atoms with E-state index in [4.69, 9.17) is 4.42 Å².